The zero-order valence-corrected chi connectivity index (χ0v) is 10.8. The summed E-state index contributed by atoms with van der Waals surface area (Å²) in [5.74, 6) is 0.626. The number of nitrogens with one attached hydrogen (secondary N) is 1. The summed E-state index contributed by atoms with van der Waals surface area (Å²) in [7, 11) is 0. The number of anilines is 1. The van der Waals surface area contributed by atoms with Crippen LogP contribution < -0.4 is 5.32 Å². The number of nitriles is 1. The number of pyridine rings is 1. The lowest BCUT2D eigenvalue weighted by atomic mass is 10.0. The molecule has 7 nitrogen and oxygen atoms in total. The highest BCUT2D eigenvalue weighted by molar-refractivity contribution is 5.55. The minimum absolute atomic E-state index is 0.0939. The van der Waals surface area contributed by atoms with Crippen LogP contribution >= 0.6 is 0 Å². The van der Waals surface area contributed by atoms with Crippen molar-refractivity contribution in [3.05, 3.63) is 27.9 Å². The topological polar surface area (TPSA) is 112 Å². The van der Waals surface area contributed by atoms with E-state index in [-0.39, 0.29) is 29.7 Å². The Balaban J connectivity index is 2.94. The van der Waals surface area contributed by atoms with Crippen molar-refractivity contribution in [1.29, 1.82) is 5.26 Å². The standard InChI is InChI=1S/C12H16N4O3/c1-8(2)3-10(7-17)15-12-9(5-13)4-11(6-14-12)16(18)19/h4,6,8,10,17H,3,7H2,1-2H3,(H,14,15). The minimum Gasteiger partial charge on any atom is -0.394 e. The minimum atomic E-state index is -0.602. The number of aliphatic hydroxyl groups is 1. The van der Waals surface area contributed by atoms with Gasteiger partial charge in [0.25, 0.3) is 5.69 Å². The van der Waals surface area contributed by atoms with E-state index in [0.717, 1.165) is 6.20 Å². The molecule has 0 aliphatic heterocycles. The monoisotopic (exact) mass is 264 g/mol. The number of nitrogens with zero attached hydrogens (tertiary/aromatic N) is 3. The molecule has 1 aromatic heterocycles. The maximum absolute atomic E-state index is 10.6. The van der Waals surface area contributed by atoms with E-state index in [1.807, 2.05) is 19.9 Å². The maximum atomic E-state index is 10.6. The van der Waals surface area contributed by atoms with Crippen molar-refractivity contribution >= 4 is 11.5 Å². The molecule has 0 fully saturated rings. The fourth-order valence-electron chi connectivity index (χ4n) is 1.70. The fourth-order valence-corrected chi connectivity index (χ4v) is 1.70. The number of hydrogen-bond donors (Lipinski definition) is 2. The highest BCUT2D eigenvalue weighted by Crippen LogP contribution is 2.20. The first-order valence-corrected chi connectivity index (χ1v) is 5.89. The van der Waals surface area contributed by atoms with Gasteiger partial charge >= 0.3 is 0 Å². The Bertz CT molecular complexity index is 496. The molecule has 0 spiro atoms. The van der Waals surface area contributed by atoms with Gasteiger partial charge in [-0.25, -0.2) is 4.98 Å². The average molecular weight is 264 g/mol. The van der Waals surface area contributed by atoms with Crippen LogP contribution in [0.1, 0.15) is 25.8 Å². The molecule has 0 saturated carbocycles. The smallest absolute Gasteiger partial charge is 0.289 e. The van der Waals surface area contributed by atoms with E-state index in [4.69, 9.17) is 5.26 Å². The third-order valence-electron chi connectivity index (χ3n) is 2.52. The predicted octanol–water partition coefficient (Wildman–Crippen LogP) is 1.68. The van der Waals surface area contributed by atoms with Gasteiger partial charge in [0, 0.05) is 6.07 Å². The Hall–Kier alpha value is -2.20. The summed E-state index contributed by atoms with van der Waals surface area (Å²) in [6.07, 6.45) is 1.80. The van der Waals surface area contributed by atoms with E-state index in [1.54, 1.807) is 0 Å². The molecule has 2 N–H and O–H groups in total. The summed E-state index contributed by atoms with van der Waals surface area (Å²) >= 11 is 0. The second kappa shape index (κ2) is 6.66. The first-order chi connectivity index (χ1) is 8.97. The molecule has 0 aliphatic carbocycles. The van der Waals surface area contributed by atoms with Crippen LogP contribution in [0, 0.1) is 27.4 Å². The summed E-state index contributed by atoms with van der Waals surface area (Å²) < 4.78 is 0. The zero-order valence-electron chi connectivity index (χ0n) is 10.8. The number of aromatic nitrogens is 1. The molecule has 0 aliphatic rings. The van der Waals surface area contributed by atoms with Crippen molar-refractivity contribution in [2.45, 2.75) is 26.3 Å². The van der Waals surface area contributed by atoms with Gasteiger partial charge in [-0.1, -0.05) is 13.8 Å². The number of hydrogen-bond acceptors (Lipinski definition) is 6. The molecule has 0 aromatic carbocycles. The Morgan fingerprint density at radius 3 is 2.79 bits per heavy atom. The van der Waals surface area contributed by atoms with Gasteiger partial charge < -0.3 is 10.4 Å². The highest BCUT2D eigenvalue weighted by atomic mass is 16.6. The lowest BCUT2D eigenvalue weighted by molar-refractivity contribution is -0.385. The largest absolute Gasteiger partial charge is 0.394 e. The van der Waals surface area contributed by atoms with Gasteiger partial charge in [-0.2, -0.15) is 5.26 Å². The van der Waals surface area contributed by atoms with Crippen LogP contribution in [-0.4, -0.2) is 27.7 Å². The van der Waals surface area contributed by atoms with Crippen LogP contribution in [0.5, 0.6) is 0 Å². The van der Waals surface area contributed by atoms with Gasteiger partial charge in [-0.15, -0.1) is 0 Å². The first kappa shape index (κ1) is 14.9. The highest BCUT2D eigenvalue weighted by Gasteiger charge is 2.16. The van der Waals surface area contributed by atoms with Gasteiger partial charge in [-0.05, 0) is 12.3 Å². The van der Waals surface area contributed by atoms with Crippen LogP contribution in [0.3, 0.4) is 0 Å². The van der Waals surface area contributed by atoms with Crippen molar-refractivity contribution in [2.75, 3.05) is 11.9 Å². The molecule has 0 bridgehead atoms. The van der Waals surface area contributed by atoms with E-state index in [9.17, 15) is 15.2 Å². The molecule has 1 rings (SSSR count). The van der Waals surface area contributed by atoms with Crippen LogP contribution in [-0.2, 0) is 0 Å². The molecular weight excluding hydrogens is 248 g/mol. The molecule has 19 heavy (non-hydrogen) atoms. The normalized spacial score (nSPS) is 11.9. The summed E-state index contributed by atoms with van der Waals surface area (Å²) in [6, 6.07) is 2.79. The number of aliphatic hydroxyl groups excluding tert-OH is 1. The van der Waals surface area contributed by atoms with Gasteiger partial charge in [0.1, 0.15) is 23.6 Å². The lowest BCUT2D eigenvalue weighted by Gasteiger charge is -2.19. The van der Waals surface area contributed by atoms with Gasteiger partial charge in [-0.3, -0.25) is 10.1 Å². The summed E-state index contributed by atoms with van der Waals surface area (Å²) in [4.78, 5) is 13.9. The number of nitro groups is 1. The van der Waals surface area contributed by atoms with E-state index in [2.05, 4.69) is 10.3 Å². The molecule has 1 heterocycles. The van der Waals surface area contributed by atoms with E-state index in [1.165, 1.54) is 6.07 Å². The average Bonchev–Trinajstić information content (AvgIpc) is 2.37. The Kier molecular flexibility index (Phi) is 5.21. The lowest BCUT2D eigenvalue weighted by Crippen LogP contribution is -2.26. The molecule has 1 atom stereocenters. The molecule has 1 aromatic rings. The Morgan fingerprint density at radius 2 is 2.32 bits per heavy atom. The molecule has 0 radical (unpaired) electrons. The first-order valence-electron chi connectivity index (χ1n) is 5.89. The van der Waals surface area contributed by atoms with Gasteiger partial charge in [0.05, 0.1) is 17.6 Å². The van der Waals surface area contributed by atoms with Crippen LogP contribution in [0.2, 0.25) is 0 Å². The molecule has 0 amide bonds. The molecule has 1 unspecified atom stereocenters. The van der Waals surface area contributed by atoms with Crippen molar-refractivity contribution in [2.24, 2.45) is 5.92 Å². The molecule has 7 heteroatoms. The van der Waals surface area contributed by atoms with E-state index < -0.39 is 4.92 Å². The summed E-state index contributed by atoms with van der Waals surface area (Å²) in [5.41, 5.74) is -0.136. The summed E-state index contributed by atoms with van der Waals surface area (Å²) in [6.45, 7) is 3.93. The van der Waals surface area contributed by atoms with Crippen molar-refractivity contribution in [3.8, 4) is 6.07 Å². The zero-order chi connectivity index (χ0) is 14.4. The molecule has 102 valence electrons. The predicted molar refractivity (Wildman–Crippen MR) is 69.6 cm³/mol. The molecular formula is C12H16N4O3. The van der Waals surface area contributed by atoms with Gasteiger partial charge in [0.2, 0.25) is 0 Å². The van der Waals surface area contributed by atoms with Crippen LogP contribution in [0.25, 0.3) is 0 Å². The second-order valence-corrected chi connectivity index (χ2v) is 4.61. The fraction of sp³-hybridized carbons (Fsp3) is 0.500. The molecule has 0 saturated heterocycles. The number of rotatable bonds is 6. The van der Waals surface area contributed by atoms with Crippen molar-refractivity contribution in [3.63, 3.8) is 0 Å². The third kappa shape index (κ3) is 4.19. The Labute approximate surface area is 111 Å². The summed E-state index contributed by atoms with van der Waals surface area (Å²) in [5, 5.41) is 31.8. The second-order valence-electron chi connectivity index (χ2n) is 4.61. The van der Waals surface area contributed by atoms with Gasteiger partial charge in [0.15, 0.2) is 0 Å². The van der Waals surface area contributed by atoms with Crippen molar-refractivity contribution < 1.29 is 10.0 Å². The van der Waals surface area contributed by atoms with E-state index in [0.29, 0.717) is 12.3 Å². The van der Waals surface area contributed by atoms with Crippen molar-refractivity contribution in [1.82, 2.24) is 4.98 Å². The van der Waals surface area contributed by atoms with Crippen LogP contribution in [0.4, 0.5) is 11.5 Å². The quantitative estimate of drug-likeness (QED) is 0.597. The van der Waals surface area contributed by atoms with Crippen LogP contribution in [0.15, 0.2) is 12.3 Å². The Morgan fingerprint density at radius 1 is 1.63 bits per heavy atom. The SMILES string of the molecule is CC(C)CC(CO)Nc1ncc([N+](=O)[O-])cc1C#N. The third-order valence-corrected chi connectivity index (χ3v) is 2.52. The maximum Gasteiger partial charge on any atom is 0.289 e. The van der Waals surface area contributed by atoms with E-state index >= 15 is 0 Å².